The molecular formula is C19H30O. The van der Waals surface area contributed by atoms with Gasteiger partial charge in [0.2, 0.25) is 0 Å². The van der Waals surface area contributed by atoms with E-state index >= 15 is 0 Å². The maximum Gasteiger partial charge on any atom is 0.162 e. The number of ketones is 1. The van der Waals surface area contributed by atoms with Gasteiger partial charge in [-0.2, -0.15) is 0 Å². The van der Waals surface area contributed by atoms with Crippen molar-refractivity contribution in [3.05, 3.63) is 35.4 Å². The molecule has 112 valence electrons. The van der Waals surface area contributed by atoms with Crippen LogP contribution in [0.4, 0.5) is 0 Å². The van der Waals surface area contributed by atoms with Gasteiger partial charge in [0.25, 0.3) is 0 Å². The number of carbonyl (C=O) groups is 1. The molecule has 0 fully saturated rings. The van der Waals surface area contributed by atoms with Gasteiger partial charge >= 0.3 is 0 Å². The summed E-state index contributed by atoms with van der Waals surface area (Å²) in [6.45, 7) is 4.18. The van der Waals surface area contributed by atoms with E-state index in [1.54, 1.807) is 0 Å². The summed E-state index contributed by atoms with van der Waals surface area (Å²) in [5.74, 6) is 0.239. The summed E-state index contributed by atoms with van der Waals surface area (Å²) in [6, 6.07) is 8.19. The molecule has 0 heterocycles. The smallest absolute Gasteiger partial charge is 0.162 e. The average molecular weight is 274 g/mol. The summed E-state index contributed by atoms with van der Waals surface area (Å²) in [6.07, 6.45) is 12.6. The van der Waals surface area contributed by atoms with Gasteiger partial charge in [0.05, 0.1) is 0 Å². The number of aryl methyl sites for hydroxylation is 1. The Morgan fingerprint density at radius 1 is 0.800 bits per heavy atom. The van der Waals surface area contributed by atoms with Gasteiger partial charge in [-0.05, 0) is 18.4 Å². The van der Waals surface area contributed by atoms with E-state index in [9.17, 15) is 4.79 Å². The number of carbonyl (C=O) groups excluding carboxylic acids is 1. The lowest BCUT2D eigenvalue weighted by molar-refractivity contribution is 0.0988. The van der Waals surface area contributed by atoms with Gasteiger partial charge in [0.15, 0.2) is 5.78 Å². The molecule has 1 heteroatoms. The summed E-state index contributed by atoms with van der Waals surface area (Å²) < 4.78 is 0. The van der Waals surface area contributed by atoms with Gasteiger partial charge < -0.3 is 0 Å². The van der Waals surface area contributed by atoms with Crippen LogP contribution in [-0.2, 0) is 6.42 Å². The van der Waals surface area contributed by atoms with E-state index in [0.29, 0.717) is 6.42 Å². The number of hydrogen-bond acceptors (Lipinski definition) is 1. The molecule has 0 N–H and O–H groups in total. The standard InChI is InChI=1S/C19H30O/c1-3-5-6-7-8-9-10-11-12-17-13-15-18(16-14-17)19(20)4-2/h13-16H,3-12H2,1-2H3. The molecule has 0 saturated carbocycles. The third-order valence-corrected chi connectivity index (χ3v) is 3.92. The lowest BCUT2D eigenvalue weighted by atomic mass is 10.0. The highest BCUT2D eigenvalue weighted by Crippen LogP contribution is 2.12. The zero-order valence-electron chi connectivity index (χ0n) is 13.3. The van der Waals surface area contributed by atoms with Crippen LogP contribution in [0.15, 0.2) is 24.3 Å². The highest BCUT2D eigenvalue weighted by atomic mass is 16.1. The summed E-state index contributed by atoms with van der Waals surface area (Å²) in [5, 5.41) is 0. The van der Waals surface area contributed by atoms with Crippen molar-refractivity contribution in [2.75, 3.05) is 0 Å². The van der Waals surface area contributed by atoms with Crippen molar-refractivity contribution >= 4 is 5.78 Å². The van der Waals surface area contributed by atoms with Gasteiger partial charge in [-0.1, -0.05) is 83.1 Å². The Morgan fingerprint density at radius 2 is 1.35 bits per heavy atom. The van der Waals surface area contributed by atoms with E-state index in [-0.39, 0.29) is 5.78 Å². The molecule has 1 rings (SSSR count). The minimum Gasteiger partial charge on any atom is -0.294 e. The first-order chi connectivity index (χ1) is 9.77. The van der Waals surface area contributed by atoms with Crippen LogP contribution in [0.5, 0.6) is 0 Å². The average Bonchev–Trinajstić information content (AvgIpc) is 2.50. The number of Topliss-reactive ketones (excluding diaryl/α,β-unsaturated/α-hetero) is 1. The molecule has 0 amide bonds. The summed E-state index contributed by atoms with van der Waals surface area (Å²) in [5.41, 5.74) is 2.22. The van der Waals surface area contributed by atoms with Gasteiger partial charge in [0, 0.05) is 12.0 Å². The maximum absolute atomic E-state index is 11.5. The van der Waals surface area contributed by atoms with Gasteiger partial charge in [0.1, 0.15) is 0 Å². The van der Waals surface area contributed by atoms with Crippen molar-refractivity contribution in [2.24, 2.45) is 0 Å². The van der Waals surface area contributed by atoms with Crippen molar-refractivity contribution in [1.82, 2.24) is 0 Å². The van der Waals surface area contributed by atoms with E-state index < -0.39 is 0 Å². The number of rotatable bonds is 11. The molecule has 0 bridgehead atoms. The minimum absolute atomic E-state index is 0.239. The Kier molecular flexibility index (Phi) is 9.02. The maximum atomic E-state index is 11.5. The molecular weight excluding hydrogens is 244 g/mol. The van der Waals surface area contributed by atoms with Crippen LogP contribution in [0.25, 0.3) is 0 Å². The molecule has 0 saturated heterocycles. The van der Waals surface area contributed by atoms with Crippen LogP contribution in [0, 0.1) is 0 Å². The molecule has 0 spiro atoms. The molecule has 0 aliphatic carbocycles. The second-order valence-electron chi connectivity index (χ2n) is 5.70. The van der Waals surface area contributed by atoms with E-state index in [1.165, 1.54) is 56.9 Å². The van der Waals surface area contributed by atoms with Crippen LogP contribution < -0.4 is 0 Å². The molecule has 1 aromatic carbocycles. The first kappa shape index (κ1) is 16.9. The Hall–Kier alpha value is -1.11. The second-order valence-corrected chi connectivity index (χ2v) is 5.70. The van der Waals surface area contributed by atoms with Gasteiger partial charge in [-0.15, -0.1) is 0 Å². The Labute approximate surface area is 124 Å². The fraction of sp³-hybridized carbons (Fsp3) is 0.632. The topological polar surface area (TPSA) is 17.1 Å². The molecule has 0 unspecified atom stereocenters. The van der Waals surface area contributed by atoms with E-state index in [2.05, 4.69) is 19.1 Å². The normalized spacial score (nSPS) is 10.7. The van der Waals surface area contributed by atoms with Crippen molar-refractivity contribution < 1.29 is 4.79 Å². The molecule has 0 atom stereocenters. The van der Waals surface area contributed by atoms with Crippen LogP contribution in [0.1, 0.15) is 87.6 Å². The predicted molar refractivity (Wildman–Crippen MR) is 87.4 cm³/mol. The Morgan fingerprint density at radius 3 is 1.90 bits per heavy atom. The van der Waals surface area contributed by atoms with Crippen molar-refractivity contribution in [1.29, 1.82) is 0 Å². The van der Waals surface area contributed by atoms with E-state index in [0.717, 1.165) is 12.0 Å². The quantitative estimate of drug-likeness (QED) is 0.359. The van der Waals surface area contributed by atoms with Crippen molar-refractivity contribution in [3.63, 3.8) is 0 Å². The molecule has 0 aliphatic heterocycles. The molecule has 0 aromatic heterocycles. The van der Waals surface area contributed by atoms with Crippen LogP contribution in [0.2, 0.25) is 0 Å². The molecule has 20 heavy (non-hydrogen) atoms. The van der Waals surface area contributed by atoms with Crippen molar-refractivity contribution in [3.8, 4) is 0 Å². The lowest BCUT2D eigenvalue weighted by Gasteiger charge is -2.04. The first-order valence-electron chi connectivity index (χ1n) is 8.40. The SMILES string of the molecule is CCCCCCCCCCc1ccc(C(=O)CC)cc1. The third kappa shape index (κ3) is 6.88. The van der Waals surface area contributed by atoms with Crippen LogP contribution in [0.3, 0.4) is 0 Å². The van der Waals surface area contributed by atoms with E-state index in [4.69, 9.17) is 0 Å². The number of hydrogen-bond donors (Lipinski definition) is 0. The highest BCUT2D eigenvalue weighted by molar-refractivity contribution is 5.95. The zero-order chi connectivity index (χ0) is 14.6. The predicted octanol–water partition coefficient (Wildman–Crippen LogP) is 5.96. The Balaban J connectivity index is 2.11. The van der Waals surface area contributed by atoms with Gasteiger partial charge in [-0.3, -0.25) is 4.79 Å². The molecule has 1 aromatic rings. The zero-order valence-corrected chi connectivity index (χ0v) is 13.3. The number of benzene rings is 1. The summed E-state index contributed by atoms with van der Waals surface area (Å²) in [7, 11) is 0. The molecule has 0 radical (unpaired) electrons. The highest BCUT2D eigenvalue weighted by Gasteiger charge is 2.02. The largest absolute Gasteiger partial charge is 0.294 e. The first-order valence-corrected chi connectivity index (χ1v) is 8.40. The fourth-order valence-electron chi connectivity index (χ4n) is 2.52. The number of unbranched alkanes of at least 4 members (excludes halogenated alkanes) is 7. The summed E-state index contributed by atoms with van der Waals surface area (Å²) >= 11 is 0. The third-order valence-electron chi connectivity index (χ3n) is 3.92. The molecule has 0 aliphatic rings. The monoisotopic (exact) mass is 274 g/mol. The van der Waals surface area contributed by atoms with Crippen LogP contribution in [-0.4, -0.2) is 5.78 Å². The van der Waals surface area contributed by atoms with Crippen molar-refractivity contribution in [2.45, 2.75) is 78.1 Å². The van der Waals surface area contributed by atoms with E-state index in [1.807, 2.05) is 19.1 Å². The minimum atomic E-state index is 0.239. The lowest BCUT2D eigenvalue weighted by Crippen LogP contribution is -1.96. The summed E-state index contributed by atoms with van der Waals surface area (Å²) in [4.78, 5) is 11.5. The molecule has 1 nitrogen and oxygen atoms in total. The van der Waals surface area contributed by atoms with Crippen LogP contribution >= 0.6 is 0 Å². The fourth-order valence-corrected chi connectivity index (χ4v) is 2.52. The second kappa shape index (κ2) is 10.7. The Bertz CT molecular complexity index is 364. The van der Waals surface area contributed by atoms with Gasteiger partial charge in [-0.25, -0.2) is 0 Å².